The van der Waals surface area contributed by atoms with E-state index in [0.717, 1.165) is 24.6 Å². The summed E-state index contributed by atoms with van der Waals surface area (Å²) in [6, 6.07) is -0.738. The maximum Gasteiger partial charge on any atom is 0.325 e. The molecule has 3 unspecified atom stereocenters. The van der Waals surface area contributed by atoms with Gasteiger partial charge in [-0.15, -0.1) is 0 Å². The number of rotatable bonds is 17. The van der Waals surface area contributed by atoms with Crippen molar-refractivity contribution in [3.05, 3.63) is 0 Å². The molecule has 0 aromatic heterocycles. The number of imide groups is 1. The van der Waals surface area contributed by atoms with Crippen molar-refractivity contribution in [3.8, 4) is 0 Å². The van der Waals surface area contributed by atoms with Crippen LogP contribution in [0.4, 0.5) is 4.79 Å². The fourth-order valence-corrected chi connectivity index (χ4v) is 5.61. The molecule has 0 aromatic carbocycles. The molecule has 1 saturated heterocycles. The first-order chi connectivity index (χ1) is 16.0. The maximum absolute atomic E-state index is 12.6. The van der Waals surface area contributed by atoms with E-state index < -0.39 is 6.17 Å². The average Bonchev–Trinajstić information content (AvgIpc) is 3.16. The first-order valence-electron chi connectivity index (χ1n) is 13.6. The molecule has 6 nitrogen and oxygen atoms in total. The van der Waals surface area contributed by atoms with Crippen LogP contribution in [-0.2, 0) is 4.79 Å². The van der Waals surface area contributed by atoms with E-state index in [4.69, 9.17) is 4.99 Å². The molecule has 2 aliphatic rings. The van der Waals surface area contributed by atoms with Gasteiger partial charge in [-0.3, -0.25) is 10.1 Å². The summed E-state index contributed by atoms with van der Waals surface area (Å²) in [5.74, 6) is -0.211. The van der Waals surface area contributed by atoms with E-state index in [1.54, 1.807) is 23.7 Å². The molecule has 0 aliphatic carbocycles. The molecule has 2 rings (SSSR count). The minimum atomic E-state index is -0.399. The number of thioether (sulfide) groups is 1. The first kappa shape index (κ1) is 28.0. The fraction of sp³-hybridized carbons (Fsp3) is 0.885. The first-order valence-corrected chi connectivity index (χ1v) is 14.5. The number of unbranched alkanes of at least 4 members (excludes halogenated alkanes) is 13. The van der Waals surface area contributed by atoms with Crippen molar-refractivity contribution in [2.24, 2.45) is 4.99 Å². The van der Waals surface area contributed by atoms with Gasteiger partial charge < -0.3 is 9.80 Å². The van der Waals surface area contributed by atoms with Gasteiger partial charge in [-0.25, -0.2) is 9.79 Å². The van der Waals surface area contributed by atoms with E-state index in [1.807, 2.05) is 0 Å². The van der Waals surface area contributed by atoms with Crippen molar-refractivity contribution in [1.29, 1.82) is 0 Å². The Balaban J connectivity index is 1.64. The van der Waals surface area contributed by atoms with Crippen LogP contribution >= 0.6 is 11.8 Å². The molecule has 0 aromatic rings. The predicted octanol–water partition coefficient (Wildman–Crippen LogP) is 6.55. The number of nitrogens with one attached hydrogen (secondary N) is 1. The second-order valence-electron chi connectivity index (χ2n) is 9.80. The number of hydrogen-bond donors (Lipinski definition) is 1. The topological polar surface area (TPSA) is 65.0 Å². The van der Waals surface area contributed by atoms with E-state index in [9.17, 15) is 9.59 Å². The molecule has 1 N–H and O–H groups in total. The van der Waals surface area contributed by atoms with Crippen LogP contribution in [0, 0.1) is 0 Å². The molecule has 3 atom stereocenters. The maximum atomic E-state index is 12.6. The average molecular weight is 481 g/mol. The van der Waals surface area contributed by atoms with Crippen molar-refractivity contribution in [2.45, 2.75) is 135 Å². The lowest BCUT2D eigenvalue weighted by Crippen LogP contribution is -2.63. The number of carbonyl (C=O) groups is 2. The van der Waals surface area contributed by atoms with Gasteiger partial charge in [0.2, 0.25) is 0 Å². The highest BCUT2D eigenvalue weighted by Crippen LogP contribution is 2.31. The second kappa shape index (κ2) is 15.6. The number of aliphatic imine (C=N–C) groups is 1. The molecule has 0 bridgehead atoms. The summed E-state index contributed by atoms with van der Waals surface area (Å²) in [7, 11) is 1.73. The Kier molecular flexibility index (Phi) is 13.3. The monoisotopic (exact) mass is 480 g/mol. The molecule has 2 heterocycles. The van der Waals surface area contributed by atoms with Crippen molar-refractivity contribution >= 4 is 28.9 Å². The Bertz CT molecular complexity index is 627. The molecule has 190 valence electrons. The van der Waals surface area contributed by atoms with Crippen LogP contribution in [0.1, 0.15) is 117 Å². The summed E-state index contributed by atoms with van der Waals surface area (Å²) < 4.78 is 0. The zero-order chi connectivity index (χ0) is 24.1. The highest BCUT2D eigenvalue weighted by atomic mass is 32.2. The van der Waals surface area contributed by atoms with Gasteiger partial charge in [-0.1, -0.05) is 116 Å². The highest BCUT2D eigenvalue weighted by Gasteiger charge is 2.48. The van der Waals surface area contributed by atoms with Gasteiger partial charge in [0, 0.05) is 18.8 Å². The molecule has 3 amide bonds. The number of urea groups is 1. The molecular weight excluding hydrogens is 432 g/mol. The Morgan fingerprint density at radius 1 is 0.879 bits per heavy atom. The largest absolute Gasteiger partial charge is 0.336 e. The summed E-state index contributed by atoms with van der Waals surface area (Å²) in [6.45, 7) is 7.46. The van der Waals surface area contributed by atoms with E-state index in [-0.39, 0.29) is 18.0 Å². The molecule has 0 radical (unpaired) electrons. The molecule has 0 saturated carbocycles. The van der Waals surface area contributed by atoms with Crippen molar-refractivity contribution in [2.75, 3.05) is 13.6 Å². The second-order valence-corrected chi connectivity index (χ2v) is 11.2. The zero-order valence-electron chi connectivity index (χ0n) is 21.6. The lowest BCUT2D eigenvalue weighted by atomic mass is 10.0. The summed E-state index contributed by atoms with van der Waals surface area (Å²) in [5, 5.41) is 3.85. The third-order valence-corrected chi connectivity index (χ3v) is 8.24. The quantitative estimate of drug-likeness (QED) is 0.240. The Morgan fingerprint density at radius 3 is 1.91 bits per heavy atom. The molecule has 33 heavy (non-hydrogen) atoms. The smallest absolute Gasteiger partial charge is 0.325 e. The van der Waals surface area contributed by atoms with Crippen molar-refractivity contribution < 1.29 is 9.59 Å². The minimum Gasteiger partial charge on any atom is -0.336 e. The lowest BCUT2D eigenvalue weighted by molar-refractivity contribution is -0.127. The number of likely N-dealkylation sites (N-methyl/N-ethyl adjacent to an activating group) is 1. The Labute approximate surface area is 206 Å². The van der Waals surface area contributed by atoms with Gasteiger partial charge in [0.25, 0.3) is 5.91 Å². The van der Waals surface area contributed by atoms with Gasteiger partial charge in [0.05, 0.1) is 0 Å². The normalized spacial score (nSPS) is 21.3. The van der Waals surface area contributed by atoms with Crippen LogP contribution in [0.5, 0.6) is 0 Å². The summed E-state index contributed by atoms with van der Waals surface area (Å²) in [6.07, 6.45) is 19.4. The number of amides is 3. The summed E-state index contributed by atoms with van der Waals surface area (Å²) in [5.41, 5.74) is 0. The number of hydrogen-bond acceptors (Lipinski definition) is 5. The van der Waals surface area contributed by atoms with Crippen LogP contribution in [-0.4, -0.2) is 58.0 Å². The third kappa shape index (κ3) is 9.14. The Hall–Kier alpha value is -1.24. The van der Waals surface area contributed by atoms with Gasteiger partial charge in [-0.05, 0) is 12.8 Å². The van der Waals surface area contributed by atoms with E-state index >= 15 is 0 Å². The van der Waals surface area contributed by atoms with Crippen LogP contribution in [0.25, 0.3) is 0 Å². The number of fused-ring (bicyclic) bond motifs is 1. The standard InChI is InChI=1S/C26H48N4O2S/c1-5-7-8-9-10-11-12-13-14-15-16-17-18-19-20-30-22-23(27-26(30)33-21(3)6-2)29(4)25(32)28-24(22)31/h21-23H,5-20H2,1-4H3,(H,28,31,32). The highest BCUT2D eigenvalue weighted by molar-refractivity contribution is 8.14. The van der Waals surface area contributed by atoms with Crippen molar-refractivity contribution in [3.63, 3.8) is 0 Å². The third-order valence-electron chi connectivity index (χ3n) is 6.96. The summed E-state index contributed by atoms with van der Waals surface area (Å²) in [4.78, 5) is 33.2. The van der Waals surface area contributed by atoms with Crippen LogP contribution in [0.15, 0.2) is 4.99 Å². The van der Waals surface area contributed by atoms with Crippen molar-refractivity contribution in [1.82, 2.24) is 15.1 Å². The number of nitrogens with zero attached hydrogens (tertiary/aromatic N) is 3. The van der Waals surface area contributed by atoms with Crippen LogP contribution < -0.4 is 5.32 Å². The van der Waals surface area contributed by atoms with Gasteiger partial charge in [0.15, 0.2) is 17.4 Å². The van der Waals surface area contributed by atoms with Crippen LogP contribution in [0.2, 0.25) is 0 Å². The Morgan fingerprint density at radius 2 is 1.39 bits per heavy atom. The van der Waals surface area contributed by atoms with E-state index in [2.05, 4.69) is 31.0 Å². The van der Waals surface area contributed by atoms with Gasteiger partial charge >= 0.3 is 6.03 Å². The molecule has 7 heteroatoms. The molecule has 0 spiro atoms. The fourth-order valence-electron chi connectivity index (χ4n) is 4.57. The lowest BCUT2D eigenvalue weighted by Gasteiger charge is -2.36. The molecular formula is C26H48N4O2S. The SMILES string of the molecule is CCCCCCCCCCCCCCCCN1C(SC(C)CC)=NC2C1C(=O)NC(=O)N2C. The predicted molar refractivity (Wildman–Crippen MR) is 141 cm³/mol. The van der Waals surface area contributed by atoms with E-state index in [1.165, 1.54) is 83.5 Å². The van der Waals surface area contributed by atoms with Gasteiger partial charge in [0.1, 0.15) is 0 Å². The molecule has 2 aliphatic heterocycles. The zero-order valence-corrected chi connectivity index (χ0v) is 22.4. The summed E-state index contributed by atoms with van der Waals surface area (Å²) >= 11 is 1.73. The number of amidine groups is 1. The van der Waals surface area contributed by atoms with Gasteiger partial charge in [-0.2, -0.15) is 0 Å². The van der Waals surface area contributed by atoms with Crippen LogP contribution in [0.3, 0.4) is 0 Å². The number of carbonyl (C=O) groups excluding carboxylic acids is 2. The minimum absolute atomic E-state index is 0.211. The van der Waals surface area contributed by atoms with E-state index in [0.29, 0.717) is 5.25 Å². The molecule has 1 fully saturated rings.